The van der Waals surface area contributed by atoms with Crippen molar-refractivity contribution in [2.75, 3.05) is 53.0 Å². The van der Waals surface area contributed by atoms with Crippen LogP contribution in [0, 0.1) is 17.2 Å². The smallest absolute Gasteiger partial charge is 0.453 e. The predicted molar refractivity (Wildman–Crippen MR) is 147 cm³/mol. The van der Waals surface area contributed by atoms with E-state index in [1.54, 1.807) is 15.9 Å². The van der Waals surface area contributed by atoms with Crippen LogP contribution >= 0.6 is 0 Å². The Bertz CT molecular complexity index is 1100. The van der Waals surface area contributed by atoms with Crippen LogP contribution in [-0.2, 0) is 20.7 Å². The second-order valence-electron chi connectivity index (χ2n) is 10.6. The third kappa shape index (κ3) is 8.45. The first kappa shape index (κ1) is 30.9. The molecule has 2 fully saturated rings. The quantitative estimate of drug-likeness (QED) is 0.228. The Labute approximate surface area is 235 Å². The zero-order valence-corrected chi connectivity index (χ0v) is 23.3. The Morgan fingerprint density at radius 1 is 1.15 bits per heavy atom. The normalized spacial score (nSPS) is 19.0. The topological polar surface area (TPSA) is 156 Å². The Morgan fingerprint density at radius 2 is 1.82 bits per heavy atom. The van der Waals surface area contributed by atoms with E-state index in [0.29, 0.717) is 45.7 Å². The van der Waals surface area contributed by atoms with Crippen LogP contribution in [0.15, 0.2) is 42.0 Å². The molecule has 2 heterocycles. The van der Waals surface area contributed by atoms with Gasteiger partial charge < -0.3 is 34.6 Å². The average Bonchev–Trinajstić information content (AvgIpc) is 3.43. The van der Waals surface area contributed by atoms with Gasteiger partial charge in [-0.25, -0.2) is 9.59 Å². The molecular weight excluding hydrogens is 517 g/mol. The number of hydrogen-bond donors (Lipinski definition) is 3. The van der Waals surface area contributed by atoms with Crippen molar-refractivity contribution >= 4 is 25.2 Å². The molecule has 0 bridgehead atoms. The largest absolute Gasteiger partial charge is 0.475 e. The van der Waals surface area contributed by atoms with E-state index >= 15 is 0 Å². The van der Waals surface area contributed by atoms with Crippen LogP contribution in [0.4, 0.5) is 9.59 Å². The second kappa shape index (κ2) is 14.2. The Hall–Kier alpha value is -3.60. The molecule has 0 aliphatic carbocycles. The summed E-state index contributed by atoms with van der Waals surface area (Å²) in [7, 11) is -0.411. The number of benzene rings is 1. The van der Waals surface area contributed by atoms with Gasteiger partial charge in [-0.05, 0) is 38.3 Å². The van der Waals surface area contributed by atoms with Gasteiger partial charge in [0.05, 0.1) is 19.7 Å². The van der Waals surface area contributed by atoms with Gasteiger partial charge in [0.2, 0.25) is 0 Å². The molecule has 13 heteroatoms. The van der Waals surface area contributed by atoms with E-state index in [-0.39, 0.29) is 36.5 Å². The highest BCUT2D eigenvalue weighted by Crippen LogP contribution is 2.23. The highest BCUT2D eigenvalue weighted by molar-refractivity contribution is 6.43. The standard InChI is InChI=1S/C27H38BN5O7/c1-27(2,33-13-11-31(12-14-33)26(36)39-3)16-22(17-29)24(34)32-10-9-21(18-32)19-40-25(35)30-23(28(37)38)15-20-7-5-4-6-8-20/h4-8,16,21,23,37-38H,9-15,18-19H2,1-3H3,(H,30,35). The molecule has 2 aliphatic heterocycles. The molecule has 2 unspecified atom stereocenters. The third-order valence-corrected chi connectivity index (χ3v) is 7.36. The number of methoxy groups -OCH3 is 1. The summed E-state index contributed by atoms with van der Waals surface area (Å²) in [5.74, 6) is -1.42. The molecule has 2 atom stereocenters. The number of nitrogens with zero attached hydrogens (tertiary/aromatic N) is 4. The fraction of sp³-hybridized carbons (Fsp3) is 0.556. The molecule has 1 aromatic carbocycles. The lowest BCUT2D eigenvalue weighted by Gasteiger charge is -2.42. The first-order valence-corrected chi connectivity index (χ1v) is 13.4. The van der Waals surface area contributed by atoms with Gasteiger partial charge in [-0.2, -0.15) is 5.26 Å². The van der Waals surface area contributed by atoms with Crippen molar-refractivity contribution in [2.24, 2.45) is 5.92 Å². The van der Waals surface area contributed by atoms with Gasteiger partial charge in [0.25, 0.3) is 5.91 Å². The molecule has 216 valence electrons. The maximum atomic E-state index is 13.2. The number of rotatable bonds is 9. The molecule has 3 N–H and O–H groups in total. The van der Waals surface area contributed by atoms with Gasteiger partial charge in [0.1, 0.15) is 11.6 Å². The zero-order chi connectivity index (χ0) is 29.3. The van der Waals surface area contributed by atoms with Gasteiger partial charge >= 0.3 is 19.3 Å². The van der Waals surface area contributed by atoms with E-state index in [9.17, 15) is 29.7 Å². The molecule has 12 nitrogen and oxygen atoms in total. The van der Waals surface area contributed by atoms with Gasteiger partial charge in [0.15, 0.2) is 0 Å². The van der Waals surface area contributed by atoms with E-state index in [4.69, 9.17) is 9.47 Å². The number of nitriles is 1. The average molecular weight is 555 g/mol. The first-order valence-electron chi connectivity index (χ1n) is 13.4. The Kier molecular flexibility index (Phi) is 11.0. The molecule has 2 aliphatic rings. The highest BCUT2D eigenvalue weighted by Gasteiger charge is 2.34. The lowest BCUT2D eigenvalue weighted by Crippen LogP contribution is -2.55. The molecule has 0 spiro atoms. The van der Waals surface area contributed by atoms with E-state index in [2.05, 4.69) is 10.2 Å². The second-order valence-corrected chi connectivity index (χ2v) is 10.6. The van der Waals surface area contributed by atoms with Crippen molar-refractivity contribution in [3.8, 4) is 6.07 Å². The predicted octanol–water partition coefficient (Wildman–Crippen LogP) is 0.797. The van der Waals surface area contributed by atoms with E-state index in [0.717, 1.165) is 5.56 Å². The SMILES string of the molecule is COC(=O)N1CCN(C(C)(C)C=C(C#N)C(=O)N2CCC(COC(=O)NC(Cc3ccccc3)B(O)O)C2)CC1. The van der Waals surface area contributed by atoms with Crippen molar-refractivity contribution in [3.63, 3.8) is 0 Å². The minimum absolute atomic E-state index is 0.0420. The van der Waals surface area contributed by atoms with E-state index < -0.39 is 24.7 Å². The first-order chi connectivity index (χ1) is 19.0. The van der Waals surface area contributed by atoms with Crippen LogP contribution in [0.5, 0.6) is 0 Å². The maximum Gasteiger partial charge on any atom is 0.475 e. The summed E-state index contributed by atoms with van der Waals surface area (Å²) >= 11 is 0. The maximum absolute atomic E-state index is 13.2. The number of ether oxygens (including phenoxy) is 2. The van der Waals surface area contributed by atoms with Gasteiger partial charge in [-0.1, -0.05) is 30.3 Å². The summed E-state index contributed by atoms with van der Waals surface area (Å²) in [6, 6.07) is 11.2. The van der Waals surface area contributed by atoms with Crippen LogP contribution in [0.2, 0.25) is 0 Å². The minimum Gasteiger partial charge on any atom is -0.453 e. The number of carbonyl (C=O) groups is 3. The number of nitrogens with one attached hydrogen (secondary N) is 1. The van der Waals surface area contributed by atoms with Crippen molar-refractivity contribution in [3.05, 3.63) is 47.5 Å². The summed E-state index contributed by atoms with van der Waals surface area (Å²) in [6.07, 6.45) is 1.36. The zero-order valence-electron chi connectivity index (χ0n) is 23.3. The molecule has 3 rings (SSSR count). The molecular formula is C27H38BN5O7. The number of alkyl carbamates (subject to hydrolysis) is 1. The molecule has 2 saturated heterocycles. The Balaban J connectivity index is 1.50. The summed E-state index contributed by atoms with van der Waals surface area (Å²) in [5.41, 5.74) is 0.288. The van der Waals surface area contributed by atoms with Gasteiger partial charge in [-0.3, -0.25) is 9.69 Å². The fourth-order valence-electron chi connectivity index (χ4n) is 4.99. The van der Waals surface area contributed by atoms with Gasteiger partial charge in [-0.15, -0.1) is 0 Å². The monoisotopic (exact) mass is 555 g/mol. The lowest BCUT2D eigenvalue weighted by molar-refractivity contribution is -0.125. The lowest BCUT2D eigenvalue weighted by atomic mass is 9.76. The van der Waals surface area contributed by atoms with Crippen LogP contribution < -0.4 is 5.32 Å². The van der Waals surface area contributed by atoms with E-state index in [1.165, 1.54) is 7.11 Å². The fourth-order valence-corrected chi connectivity index (χ4v) is 4.99. The molecule has 1 aromatic rings. The highest BCUT2D eigenvalue weighted by atomic mass is 16.6. The molecule has 3 amide bonds. The van der Waals surface area contributed by atoms with E-state index in [1.807, 2.05) is 50.2 Å². The molecule has 0 saturated carbocycles. The number of carbonyl (C=O) groups excluding carboxylic acids is 3. The van der Waals surface area contributed by atoms with Crippen molar-refractivity contribution < 1.29 is 33.9 Å². The summed E-state index contributed by atoms with van der Waals surface area (Å²) < 4.78 is 10.1. The van der Waals surface area contributed by atoms with Crippen molar-refractivity contribution in [2.45, 2.75) is 38.2 Å². The summed E-state index contributed by atoms with van der Waals surface area (Å²) in [4.78, 5) is 42.6. The molecule has 0 radical (unpaired) electrons. The summed E-state index contributed by atoms with van der Waals surface area (Å²) in [5, 5.41) is 31.6. The number of amides is 3. The summed E-state index contributed by atoms with van der Waals surface area (Å²) in [6.45, 7) is 6.81. The number of likely N-dealkylation sites (tertiary alicyclic amines) is 1. The minimum atomic E-state index is -1.76. The molecule has 0 aromatic heterocycles. The Morgan fingerprint density at radius 3 is 2.42 bits per heavy atom. The molecule has 40 heavy (non-hydrogen) atoms. The van der Waals surface area contributed by atoms with Gasteiger partial charge in [0, 0.05) is 50.7 Å². The van der Waals surface area contributed by atoms with Crippen LogP contribution in [0.3, 0.4) is 0 Å². The van der Waals surface area contributed by atoms with Crippen molar-refractivity contribution in [1.82, 2.24) is 20.0 Å². The van der Waals surface area contributed by atoms with Crippen molar-refractivity contribution in [1.29, 1.82) is 5.26 Å². The third-order valence-electron chi connectivity index (χ3n) is 7.36. The van der Waals surface area contributed by atoms with Crippen LogP contribution in [-0.4, -0.2) is 114 Å². The number of hydrogen-bond acceptors (Lipinski definition) is 9. The van der Waals surface area contributed by atoms with Crippen LogP contribution in [0.25, 0.3) is 0 Å². The van der Waals surface area contributed by atoms with Crippen LogP contribution in [0.1, 0.15) is 25.8 Å². The number of piperazine rings is 1.